The molecule has 0 aliphatic carbocycles. The zero-order chi connectivity index (χ0) is 13.9. The maximum Gasteiger partial charge on any atom is 0.126 e. The maximum atomic E-state index is 5.41. The first-order valence-corrected chi connectivity index (χ1v) is 6.45. The van der Waals surface area contributed by atoms with Gasteiger partial charge in [0.2, 0.25) is 0 Å². The van der Waals surface area contributed by atoms with Crippen LogP contribution in [0.3, 0.4) is 0 Å². The predicted molar refractivity (Wildman–Crippen MR) is 78.4 cm³/mol. The van der Waals surface area contributed by atoms with Crippen molar-refractivity contribution in [1.82, 2.24) is 9.97 Å². The fourth-order valence-corrected chi connectivity index (χ4v) is 2.36. The average molecular weight is 268 g/mol. The minimum absolute atomic E-state index is 0.641. The van der Waals surface area contributed by atoms with Crippen LogP contribution in [-0.2, 0) is 6.42 Å². The highest BCUT2D eigenvalue weighted by atomic mass is 16.5. The van der Waals surface area contributed by atoms with Crippen LogP contribution >= 0.6 is 0 Å². The summed E-state index contributed by atoms with van der Waals surface area (Å²) in [6.07, 6.45) is 0.641. The molecule has 1 aromatic heterocycles. The van der Waals surface area contributed by atoms with Crippen LogP contribution in [0.15, 0.2) is 42.5 Å². The van der Waals surface area contributed by atoms with Crippen molar-refractivity contribution >= 4 is 11.0 Å². The Morgan fingerprint density at radius 1 is 0.950 bits per heavy atom. The van der Waals surface area contributed by atoms with E-state index in [2.05, 4.69) is 9.97 Å². The molecule has 4 heteroatoms. The number of nitrogens with one attached hydrogen (secondary N) is 1. The Bertz CT molecular complexity index is 679. The van der Waals surface area contributed by atoms with Crippen LogP contribution in [0, 0.1) is 0 Å². The Morgan fingerprint density at radius 3 is 2.30 bits per heavy atom. The number of imidazole rings is 1. The molecule has 0 amide bonds. The van der Waals surface area contributed by atoms with Crippen molar-refractivity contribution in [2.45, 2.75) is 6.42 Å². The van der Waals surface area contributed by atoms with E-state index < -0.39 is 0 Å². The number of hydrogen-bond donors (Lipinski definition) is 1. The van der Waals surface area contributed by atoms with Gasteiger partial charge in [-0.25, -0.2) is 4.98 Å². The van der Waals surface area contributed by atoms with Gasteiger partial charge in [0, 0.05) is 12.0 Å². The first-order chi connectivity index (χ1) is 9.81. The van der Waals surface area contributed by atoms with E-state index in [-0.39, 0.29) is 0 Å². The van der Waals surface area contributed by atoms with Crippen LogP contribution in [0.1, 0.15) is 11.4 Å². The second-order valence-corrected chi connectivity index (χ2v) is 4.52. The molecule has 0 saturated heterocycles. The molecule has 0 radical (unpaired) electrons. The summed E-state index contributed by atoms with van der Waals surface area (Å²) in [4.78, 5) is 7.92. The highest BCUT2D eigenvalue weighted by Crippen LogP contribution is 2.30. The summed E-state index contributed by atoms with van der Waals surface area (Å²) < 4.78 is 10.8. The van der Waals surface area contributed by atoms with Gasteiger partial charge in [0.1, 0.15) is 17.3 Å². The molecule has 2 aromatic carbocycles. The average Bonchev–Trinajstić information content (AvgIpc) is 2.89. The smallest absolute Gasteiger partial charge is 0.126 e. The Kier molecular flexibility index (Phi) is 3.29. The van der Waals surface area contributed by atoms with Crippen LogP contribution in [0.5, 0.6) is 11.5 Å². The van der Waals surface area contributed by atoms with E-state index in [0.717, 1.165) is 33.9 Å². The number of aromatic nitrogens is 2. The number of para-hydroxylation sites is 2. The lowest BCUT2D eigenvalue weighted by Crippen LogP contribution is -1.99. The minimum atomic E-state index is 0.641. The van der Waals surface area contributed by atoms with Crippen LogP contribution < -0.4 is 9.47 Å². The zero-order valence-electron chi connectivity index (χ0n) is 11.5. The second kappa shape index (κ2) is 5.25. The normalized spacial score (nSPS) is 10.7. The van der Waals surface area contributed by atoms with E-state index in [0.29, 0.717) is 6.42 Å². The molecule has 4 nitrogen and oxygen atoms in total. The van der Waals surface area contributed by atoms with Crippen molar-refractivity contribution in [2.24, 2.45) is 0 Å². The molecule has 1 heterocycles. The van der Waals surface area contributed by atoms with Gasteiger partial charge < -0.3 is 14.5 Å². The number of methoxy groups -OCH3 is 2. The quantitative estimate of drug-likeness (QED) is 0.790. The van der Waals surface area contributed by atoms with Gasteiger partial charge in [-0.05, 0) is 24.3 Å². The van der Waals surface area contributed by atoms with Gasteiger partial charge >= 0.3 is 0 Å². The Labute approximate surface area is 117 Å². The van der Waals surface area contributed by atoms with E-state index in [1.807, 2.05) is 42.5 Å². The topological polar surface area (TPSA) is 47.1 Å². The SMILES string of the molecule is COc1cccc(OC)c1Cc1nc2ccccc2[nH]1. The molecule has 0 fully saturated rings. The van der Waals surface area contributed by atoms with Crippen LogP contribution in [0.25, 0.3) is 11.0 Å². The molecule has 0 unspecified atom stereocenters. The Morgan fingerprint density at radius 2 is 1.65 bits per heavy atom. The largest absolute Gasteiger partial charge is 0.496 e. The highest BCUT2D eigenvalue weighted by Gasteiger charge is 2.12. The molecule has 0 aliphatic heterocycles. The summed E-state index contributed by atoms with van der Waals surface area (Å²) in [6, 6.07) is 13.8. The number of rotatable bonds is 4. The molecule has 1 N–H and O–H groups in total. The first-order valence-electron chi connectivity index (χ1n) is 6.45. The first kappa shape index (κ1) is 12.5. The van der Waals surface area contributed by atoms with Gasteiger partial charge in [-0.3, -0.25) is 0 Å². The second-order valence-electron chi connectivity index (χ2n) is 4.52. The standard InChI is InChI=1S/C16H16N2O2/c1-19-14-8-5-9-15(20-2)11(14)10-16-17-12-6-3-4-7-13(12)18-16/h3-9H,10H2,1-2H3,(H,17,18). The number of fused-ring (bicyclic) bond motifs is 1. The molecule has 0 aliphatic rings. The number of nitrogens with zero attached hydrogens (tertiary/aromatic N) is 1. The monoisotopic (exact) mass is 268 g/mol. The molecule has 0 bridgehead atoms. The maximum absolute atomic E-state index is 5.41. The van der Waals surface area contributed by atoms with E-state index >= 15 is 0 Å². The summed E-state index contributed by atoms with van der Waals surface area (Å²) in [5, 5.41) is 0. The van der Waals surface area contributed by atoms with E-state index in [9.17, 15) is 0 Å². The fraction of sp³-hybridized carbons (Fsp3) is 0.188. The van der Waals surface area contributed by atoms with Crippen LogP contribution in [-0.4, -0.2) is 24.2 Å². The fourth-order valence-electron chi connectivity index (χ4n) is 2.36. The summed E-state index contributed by atoms with van der Waals surface area (Å²) >= 11 is 0. The molecular formula is C16H16N2O2. The molecular weight excluding hydrogens is 252 g/mol. The van der Waals surface area contributed by atoms with Crippen molar-refractivity contribution in [2.75, 3.05) is 14.2 Å². The molecule has 3 aromatic rings. The summed E-state index contributed by atoms with van der Waals surface area (Å²) in [6.45, 7) is 0. The molecule has 20 heavy (non-hydrogen) atoms. The van der Waals surface area contributed by atoms with Crippen molar-refractivity contribution in [3.8, 4) is 11.5 Å². The van der Waals surface area contributed by atoms with Crippen molar-refractivity contribution in [3.63, 3.8) is 0 Å². The number of ether oxygens (including phenoxy) is 2. The zero-order valence-corrected chi connectivity index (χ0v) is 11.5. The van der Waals surface area contributed by atoms with E-state index in [1.165, 1.54) is 0 Å². The van der Waals surface area contributed by atoms with Gasteiger partial charge in [-0.2, -0.15) is 0 Å². The summed E-state index contributed by atoms with van der Waals surface area (Å²) in [5.41, 5.74) is 3.00. The number of benzene rings is 2. The van der Waals surface area contributed by atoms with E-state index in [4.69, 9.17) is 9.47 Å². The van der Waals surface area contributed by atoms with Gasteiger partial charge in [0.05, 0.1) is 25.3 Å². The third kappa shape index (κ3) is 2.20. The third-order valence-corrected chi connectivity index (χ3v) is 3.31. The van der Waals surface area contributed by atoms with Gasteiger partial charge in [0.15, 0.2) is 0 Å². The van der Waals surface area contributed by atoms with Crippen molar-refractivity contribution in [1.29, 1.82) is 0 Å². The molecule has 0 spiro atoms. The van der Waals surface area contributed by atoms with Crippen LogP contribution in [0.4, 0.5) is 0 Å². The van der Waals surface area contributed by atoms with Crippen molar-refractivity contribution < 1.29 is 9.47 Å². The summed E-state index contributed by atoms with van der Waals surface area (Å²) in [5.74, 6) is 2.52. The minimum Gasteiger partial charge on any atom is -0.496 e. The number of aromatic amines is 1. The number of H-pyrrole nitrogens is 1. The molecule has 102 valence electrons. The van der Waals surface area contributed by atoms with E-state index in [1.54, 1.807) is 14.2 Å². The predicted octanol–water partition coefficient (Wildman–Crippen LogP) is 3.17. The lowest BCUT2D eigenvalue weighted by Gasteiger charge is -2.11. The summed E-state index contributed by atoms with van der Waals surface area (Å²) in [7, 11) is 3.33. The molecule has 0 atom stereocenters. The lowest BCUT2D eigenvalue weighted by molar-refractivity contribution is 0.386. The molecule has 0 saturated carbocycles. The number of hydrogen-bond acceptors (Lipinski definition) is 3. The van der Waals surface area contributed by atoms with Gasteiger partial charge in [-0.15, -0.1) is 0 Å². The van der Waals surface area contributed by atoms with Crippen LogP contribution in [0.2, 0.25) is 0 Å². The third-order valence-electron chi connectivity index (χ3n) is 3.31. The molecule has 3 rings (SSSR count). The van der Waals surface area contributed by atoms with Gasteiger partial charge in [0.25, 0.3) is 0 Å². The highest BCUT2D eigenvalue weighted by molar-refractivity contribution is 5.74. The Balaban J connectivity index is 2.01. The van der Waals surface area contributed by atoms with Gasteiger partial charge in [-0.1, -0.05) is 18.2 Å². The van der Waals surface area contributed by atoms with Crippen molar-refractivity contribution in [3.05, 3.63) is 53.9 Å². The lowest BCUT2D eigenvalue weighted by atomic mass is 10.1. The Hall–Kier alpha value is -2.49.